The molecule has 0 saturated carbocycles. The molecule has 0 fully saturated rings. The van der Waals surface area contributed by atoms with Crippen molar-refractivity contribution in [2.24, 2.45) is 0 Å². The first-order valence-electron chi connectivity index (χ1n) is 10.7. The van der Waals surface area contributed by atoms with E-state index in [1.54, 1.807) is 23.7 Å². The fourth-order valence-electron chi connectivity index (χ4n) is 3.72. The number of furan rings is 1. The molecular formula is C23H20N6O5S. The molecule has 1 aliphatic rings. The van der Waals surface area contributed by atoms with Crippen LogP contribution in [0.3, 0.4) is 0 Å². The fraction of sp³-hybridized carbons (Fsp3) is 0.174. The second kappa shape index (κ2) is 9.50. The van der Waals surface area contributed by atoms with E-state index in [0.29, 0.717) is 27.6 Å². The van der Waals surface area contributed by atoms with Gasteiger partial charge < -0.3 is 24.8 Å². The SMILES string of the molecule is CCOC(=O)C1=C(CSc2nc3c(cnn3-c3ccccc3)c(=O)[nH]2)NC(=O)NC1c1ccco1. The van der Waals surface area contributed by atoms with Crippen LogP contribution in [0.25, 0.3) is 16.7 Å². The molecule has 1 unspecified atom stereocenters. The topological polar surface area (TPSA) is 144 Å². The number of fused-ring (bicyclic) bond motifs is 1. The molecule has 35 heavy (non-hydrogen) atoms. The van der Waals surface area contributed by atoms with Gasteiger partial charge in [0.1, 0.15) is 17.2 Å². The summed E-state index contributed by atoms with van der Waals surface area (Å²) in [6, 6.07) is 11.4. The maximum Gasteiger partial charge on any atom is 0.338 e. The molecule has 4 heterocycles. The zero-order valence-electron chi connectivity index (χ0n) is 18.5. The number of esters is 1. The van der Waals surface area contributed by atoms with Gasteiger partial charge in [-0.2, -0.15) is 5.10 Å². The Morgan fingerprint density at radius 1 is 1.20 bits per heavy atom. The van der Waals surface area contributed by atoms with Crippen LogP contribution in [0.2, 0.25) is 0 Å². The van der Waals surface area contributed by atoms with E-state index in [2.05, 4.69) is 25.7 Å². The summed E-state index contributed by atoms with van der Waals surface area (Å²) in [6.07, 6.45) is 2.92. The highest BCUT2D eigenvalue weighted by Crippen LogP contribution is 2.30. The maximum atomic E-state index is 12.8. The Morgan fingerprint density at radius 2 is 2.03 bits per heavy atom. The van der Waals surface area contributed by atoms with Crippen molar-refractivity contribution in [2.75, 3.05) is 12.4 Å². The number of H-pyrrole nitrogens is 1. The van der Waals surface area contributed by atoms with Crippen molar-refractivity contribution in [2.45, 2.75) is 18.1 Å². The number of thioether (sulfide) groups is 1. The number of carbonyl (C=O) groups excluding carboxylic acids is 2. The molecule has 0 aliphatic carbocycles. The van der Waals surface area contributed by atoms with Gasteiger partial charge in [-0.3, -0.25) is 4.79 Å². The number of rotatable bonds is 7. The van der Waals surface area contributed by atoms with Crippen LogP contribution in [-0.4, -0.2) is 44.1 Å². The van der Waals surface area contributed by atoms with Gasteiger partial charge in [0.25, 0.3) is 5.56 Å². The van der Waals surface area contributed by atoms with Gasteiger partial charge in [0.05, 0.1) is 30.3 Å². The number of hydrogen-bond acceptors (Lipinski definition) is 8. The van der Waals surface area contributed by atoms with Crippen LogP contribution in [0.4, 0.5) is 4.79 Å². The molecule has 0 saturated heterocycles. The third-order valence-corrected chi connectivity index (χ3v) is 6.15. The lowest BCUT2D eigenvalue weighted by Crippen LogP contribution is -2.46. The van der Waals surface area contributed by atoms with E-state index in [9.17, 15) is 14.4 Å². The van der Waals surface area contributed by atoms with E-state index >= 15 is 0 Å². The van der Waals surface area contributed by atoms with Crippen LogP contribution in [-0.2, 0) is 9.53 Å². The van der Waals surface area contributed by atoms with Crippen molar-refractivity contribution in [3.05, 3.63) is 82.3 Å². The number of hydrogen-bond donors (Lipinski definition) is 3. The molecule has 4 aromatic rings. The summed E-state index contributed by atoms with van der Waals surface area (Å²) in [5, 5.41) is 10.3. The molecule has 5 rings (SSSR count). The van der Waals surface area contributed by atoms with Crippen LogP contribution >= 0.6 is 11.8 Å². The zero-order chi connectivity index (χ0) is 24.4. The minimum absolute atomic E-state index is 0.132. The summed E-state index contributed by atoms with van der Waals surface area (Å²) in [5.74, 6) is -0.0617. The number of nitrogens with zero attached hydrogens (tertiary/aromatic N) is 3. The predicted octanol–water partition coefficient (Wildman–Crippen LogP) is 2.67. The summed E-state index contributed by atoms with van der Waals surface area (Å²) in [6.45, 7) is 1.86. The third-order valence-electron chi connectivity index (χ3n) is 5.25. The molecule has 1 aromatic carbocycles. The van der Waals surface area contributed by atoms with E-state index in [1.807, 2.05) is 30.3 Å². The Bertz CT molecular complexity index is 1480. The van der Waals surface area contributed by atoms with Crippen LogP contribution in [0.5, 0.6) is 0 Å². The first kappa shape index (κ1) is 22.5. The smallest absolute Gasteiger partial charge is 0.338 e. The number of urea groups is 1. The molecule has 12 heteroatoms. The number of para-hydroxylation sites is 1. The van der Waals surface area contributed by atoms with Crippen LogP contribution in [0.1, 0.15) is 18.7 Å². The third kappa shape index (κ3) is 4.43. The van der Waals surface area contributed by atoms with Gasteiger partial charge in [0, 0.05) is 11.4 Å². The first-order chi connectivity index (χ1) is 17.0. The molecule has 178 valence electrons. The van der Waals surface area contributed by atoms with Crippen LogP contribution in [0, 0.1) is 0 Å². The van der Waals surface area contributed by atoms with Gasteiger partial charge in [-0.15, -0.1) is 0 Å². The Balaban J connectivity index is 1.50. The number of ether oxygens (including phenoxy) is 1. The van der Waals surface area contributed by atoms with Crippen LogP contribution in [0.15, 0.2) is 80.6 Å². The lowest BCUT2D eigenvalue weighted by atomic mass is 10.0. The second-order valence-electron chi connectivity index (χ2n) is 7.45. The van der Waals surface area contributed by atoms with Crippen molar-refractivity contribution >= 4 is 34.8 Å². The summed E-state index contributed by atoms with van der Waals surface area (Å²) in [7, 11) is 0. The minimum Gasteiger partial charge on any atom is -0.467 e. The zero-order valence-corrected chi connectivity index (χ0v) is 19.3. The quantitative estimate of drug-likeness (QED) is 0.203. The molecule has 0 bridgehead atoms. The van der Waals surface area contributed by atoms with Gasteiger partial charge >= 0.3 is 12.0 Å². The standard InChI is InChI=1S/C23H20N6O5S/c1-2-33-21(31)17-15(25-22(32)26-18(17)16-9-6-10-34-16)12-35-23-27-19-14(20(30)28-23)11-24-29(19)13-7-4-3-5-8-13/h3-11,18H,2,12H2,1H3,(H2,25,26,32)(H,27,28,30). The van der Waals surface area contributed by atoms with Gasteiger partial charge in [0.2, 0.25) is 0 Å². The average Bonchev–Trinajstić information content (AvgIpc) is 3.54. The highest BCUT2D eigenvalue weighted by Gasteiger charge is 2.35. The van der Waals surface area contributed by atoms with Crippen molar-refractivity contribution in [3.8, 4) is 5.69 Å². The van der Waals surface area contributed by atoms with Crippen molar-refractivity contribution < 1.29 is 18.7 Å². The van der Waals surface area contributed by atoms with Gasteiger partial charge in [-0.1, -0.05) is 30.0 Å². The molecule has 2 amide bonds. The molecule has 3 aromatic heterocycles. The molecular weight excluding hydrogens is 472 g/mol. The van der Waals surface area contributed by atoms with Crippen LogP contribution < -0.4 is 16.2 Å². The number of carbonyl (C=O) groups is 2. The number of nitrogens with one attached hydrogen (secondary N) is 3. The summed E-state index contributed by atoms with van der Waals surface area (Å²) in [4.78, 5) is 45.2. The van der Waals surface area contributed by atoms with Gasteiger partial charge in [-0.25, -0.2) is 19.3 Å². The predicted molar refractivity (Wildman–Crippen MR) is 127 cm³/mol. The second-order valence-corrected chi connectivity index (χ2v) is 8.41. The Kier molecular flexibility index (Phi) is 6.10. The Morgan fingerprint density at radius 3 is 2.77 bits per heavy atom. The number of benzene rings is 1. The molecule has 0 spiro atoms. The van der Waals surface area contributed by atoms with E-state index in [1.165, 1.54) is 12.5 Å². The van der Waals surface area contributed by atoms with E-state index in [0.717, 1.165) is 17.4 Å². The molecule has 1 aliphatic heterocycles. The summed E-state index contributed by atoms with van der Waals surface area (Å²) >= 11 is 1.16. The highest BCUT2D eigenvalue weighted by molar-refractivity contribution is 7.99. The van der Waals surface area contributed by atoms with Gasteiger partial charge in [-0.05, 0) is 31.2 Å². The summed E-state index contributed by atoms with van der Waals surface area (Å²) < 4.78 is 12.3. The normalized spacial score (nSPS) is 15.7. The monoisotopic (exact) mass is 492 g/mol. The molecule has 3 N–H and O–H groups in total. The molecule has 11 nitrogen and oxygen atoms in total. The number of aromatic nitrogens is 4. The van der Waals surface area contributed by atoms with Crippen molar-refractivity contribution in [1.82, 2.24) is 30.4 Å². The van der Waals surface area contributed by atoms with E-state index < -0.39 is 18.0 Å². The van der Waals surface area contributed by atoms with Crippen molar-refractivity contribution in [3.63, 3.8) is 0 Å². The summed E-state index contributed by atoms with van der Waals surface area (Å²) in [5.41, 5.74) is 1.35. The maximum absolute atomic E-state index is 12.8. The molecule has 0 radical (unpaired) electrons. The van der Waals surface area contributed by atoms with Gasteiger partial charge in [0.15, 0.2) is 10.8 Å². The Labute approximate surface area is 202 Å². The minimum atomic E-state index is -0.817. The largest absolute Gasteiger partial charge is 0.467 e. The lowest BCUT2D eigenvalue weighted by Gasteiger charge is -2.27. The average molecular weight is 493 g/mol. The lowest BCUT2D eigenvalue weighted by molar-refractivity contribution is -0.139. The molecule has 1 atom stereocenters. The van der Waals surface area contributed by atoms with Crippen molar-refractivity contribution in [1.29, 1.82) is 0 Å². The number of aromatic amines is 1. The van der Waals surface area contributed by atoms with E-state index in [4.69, 9.17) is 9.15 Å². The van der Waals surface area contributed by atoms with E-state index in [-0.39, 0.29) is 23.5 Å². The first-order valence-corrected chi connectivity index (χ1v) is 11.7. The fourth-order valence-corrected chi connectivity index (χ4v) is 4.54. The number of amides is 2. The highest BCUT2D eigenvalue weighted by atomic mass is 32.2. The Hall–Kier alpha value is -4.32.